The molecule has 11 heavy (non-hydrogen) atoms. The van der Waals surface area contributed by atoms with Crippen molar-refractivity contribution in [1.29, 1.82) is 0 Å². The van der Waals surface area contributed by atoms with Crippen LogP contribution in [0.5, 0.6) is 0 Å². The van der Waals surface area contributed by atoms with Gasteiger partial charge in [-0.3, -0.25) is 0 Å². The van der Waals surface area contributed by atoms with Crippen molar-refractivity contribution in [2.45, 2.75) is 0 Å². The Balaban J connectivity index is 2.99. The fourth-order valence-electron chi connectivity index (χ4n) is 0.561. The zero-order valence-corrected chi connectivity index (χ0v) is 6.99. The van der Waals surface area contributed by atoms with Crippen LogP contribution in [0.2, 0.25) is 0 Å². The van der Waals surface area contributed by atoms with Crippen molar-refractivity contribution in [3.63, 3.8) is 0 Å². The van der Waals surface area contributed by atoms with Crippen molar-refractivity contribution in [2.75, 3.05) is 0 Å². The molecule has 0 amide bonds. The molecule has 0 atom stereocenters. The predicted molar refractivity (Wildman–Crippen MR) is 37.3 cm³/mol. The fraction of sp³-hybridized carbons (Fsp3) is 0. The zero-order valence-electron chi connectivity index (χ0n) is 5.27. The molecule has 1 heterocycles. The molecule has 1 rings (SSSR count). The van der Waals surface area contributed by atoms with E-state index in [4.69, 9.17) is 10.2 Å². The summed E-state index contributed by atoms with van der Waals surface area (Å²) in [5.74, 6) is -2.10. The Hall–Kier alpha value is -1.06. The van der Waals surface area contributed by atoms with E-state index in [2.05, 4.69) is 0 Å². The average Bonchev–Trinajstić information content (AvgIpc) is 2.33. The van der Waals surface area contributed by atoms with Crippen LogP contribution in [0.1, 0.15) is 19.6 Å². The van der Waals surface area contributed by atoms with E-state index in [9.17, 15) is 9.59 Å². The van der Waals surface area contributed by atoms with Crippen LogP contribution in [0.25, 0.3) is 0 Å². The van der Waals surface area contributed by atoms with Gasteiger partial charge in [0.05, 0.1) is 0 Å². The Morgan fingerprint density at radius 2 is 1.91 bits per heavy atom. The summed E-state index contributed by atoms with van der Waals surface area (Å²) < 4.78 is 0.190. The Labute approximate surface area is 67.8 Å². The van der Waals surface area contributed by atoms with Crippen LogP contribution < -0.4 is 0 Å². The van der Waals surface area contributed by atoms with Gasteiger partial charge in [0.1, 0.15) is 0 Å². The molecule has 0 aliphatic heterocycles. The first-order chi connectivity index (χ1) is 5.11. The van der Waals surface area contributed by atoms with E-state index in [1.807, 2.05) is 0 Å². The molecule has 0 aliphatic rings. The van der Waals surface area contributed by atoms with Gasteiger partial charge in [-0.2, -0.15) is 0 Å². The van der Waals surface area contributed by atoms with Gasteiger partial charge in [-0.15, -0.1) is 0 Å². The van der Waals surface area contributed by atoms with E-state index in [-0.39, 0.29) is 24.5 Å². The van der Waals surface area contributed by atoms with Crippen molar-refractivity contribution >= 4 is 26.4 Å². The van der Waals surface area contributed by atoms with Crippen molar-refractivity contribution in [1.82, 2.24) is 0 Å². The third-order valence-corrected chi connectivity index (χ3v) is 2.98. The summed E-state index contributed by atoms with van der Waals surface area (Å²) in [5, 5.41) is 16.9. The third kappa shape index (κ3) is 1.69. The summed E-state index contributed by atoms with van der Waals surface area (Å²) in [5.41, 5.74) is 0.0856. The van der Waals surface area contributed by atoms with Gasteiger partial charge in [0.25, 0.3) is 0 Å². The first kappa shape index (κ1) is 8.04. The van der Waals surface area contributed by atoms with Crippen molar-refractivity contribution in [2.24, 2.45) is 0 Å². The van der Waals surface area contributed by atoms with E-state index in [1.54, 1.807) is 0 Å². The van der Waals surface area contributed by atoms with E-state index in [1.165, 1.54) is 11.0 Å². The van der Waals surface area contributed by atoms with Gasteiger partial charge in [0.2, 0.25) is 0 Å². The van der Waals surface area contributed by atoms with E-state index < -0.39 is 11.9 Å². The molecule has 0 saturated carbocycles. The molecule has 0 fully saturated rings. The first-order valence-electron chi connectivity index (χ1n) is 2.66. The molecule has 2 N–H and O–H groups in total. The molecular weight excluding hydrogens is 215 g/mol. The van der Waals surface area contributed by atoms with Gasteiger partial charge in [-0.25, -0.2) is 0 Å². The topological polar surface area (TPSA) is 74.6 Å². The summed E-state index contributed by atoms with van der Waals surface area (Å²) in [7, 11) is 0. The van der Waals surface area contributed by atoms with Gasteiger partial charge in [0, 0.05) is 0 Å². The third-order valence-electron chi connectivity index (χ3n) is 1.06. The molecule has 0 spiro atoms. The Kier molecular flexibility index (Phi) is 2.12. The van der Waals surface area contributed by atoms with Crippen molar-refractivity contribution < 1.29 is 19.8 Å². The molecule has 0 saturated heterocycles. The number of hydrogen-bond donors (Lipinski definition) is 2. The number of rotatable bonds is 2. The second-order valence-corrected chi connectivity index (χ2v) is 3.72. The predicted octanol–water partition coefficient (Wildman–Crippen LogP) is 0.140. The van der Waals surface area contributed by atoms with Crippen LogP contribution in [0.15, 0.2) is 11.0 Å². The minimum atomic E-state index is -1.07. The second kappa shape index (κ2) is 2.90. The molecule has 1 aromatic rings. The van der Waals surface area contributed by atoms with Crippen molar-refractivity contribution in [3.05, 3.63) is 21.0 Å². The molecule has 5 heteroatoms. The number of hydrogen-bond acceptors (Lipinski definition) is 2. The molecule has 58 valence electrons. The molecule has 0 radical (unpaired) electrons. The van der Waals surface area contributed by atoms with E-state index >= 15 is 0 Å². The number of carboxylic acid groups (broad SMARTS) is 2. The van der Waals surface area contributed by atoms with Crippen LogP contribution in [0.3, 0.4) is 0 Å². The monoisotopic (exact) mass is 220 g/mol. The fourth-order valence-corrected chi connectivity index (χ4v) is 2.07. The number of carboxylic acids is 2. The summed E-state index contributed by atoms with van der Waals surface area (Å²) in [6.07, 6.45) is 0. The van der Waals surface area contributed by atoms with Crippen LogP contribution in [0, 0.1) is 0 Å². The Morgan fingerprint density at radius 1 is 1.27 bits per heavy atom. The maximum atomic E-state index is 10.3. The van der Waals surface area contributed by atoms with Gasteiger partial charge in [-0.05, 0) is 0 Å². The zero-order chi connectivity index (χ0) is 8.43. The first-order valence-corrected chi connectivity index (χ1v) is 4.51. The Bertz CT molecular complexity index is 273. The summed E-state index contributed by atoms with van der Waals surface area (Å²) >= 11 is -0.320. The molecule has 0 bridgehead atoms. The molecule has 0 aromatic carbocycles. The number of carbonyl (C=O) groups is 2. The molecular formula is C6H4O4Se. The van der Waals surface area contributed by atoms with Gasteiger partial charge in [-0.1, -0.05) is 0 Å². The second-order valence-electron chi connectivity index (χ2n) is 1.81. The summed E-state index contributed by atoms with van der Waals surface area (Å²) in [6, 6.07) is 1.20. The van der Waals surface area contributed by atoms with Crippen molar-refractivity contribution in [3.8, 4) is 0 Å². The van der Waals surface area contributed by atoms with Crippen LogP contribution >= 0.6 is 0 Å². The molecule has 4 nitrogen and oxygen atoms in total. The standard InChI is InChI=1S/C6H4O4Se/c7-5(8)3-1-4(6(9)10)11-2-3/h1-2H,(H,7,8)(H,9,10). The van der Waals surface area contributed by atoms with Crippen LogP contribution in [-0.2, 0) is 0 Å². The molecule has 1 aromatic heterocycles. The molecule has 0 aliphatic carbocycles. The van der Waals surface area contributed by atoms with Crippen LogP contribution in [0.4, 0.5) is 0 Å². The van der Waals surface area contributed by atoms with Crippen LogP contribution in [-0.4, -0.2) is 36.7 Å². The van der Waals surface area contributed by atoms with E-state index in [0.717, 1.165) is 0 Å². The SMILES string of the molecule is O=C(O)c1c[se]c(C(=O)O)c1. The van der Waals surface area contributed by atoms with E-state index in [0.29, 0.717) is 0 Å². The maximum absolute atomic E-state index is 10.3. The number of aromatic carboxylic acids is 2. The minimum absolute atomic E-state index is 0.0856. The Morgan fingerprint density at radius 3 is 2.18 bits per heavy atom. The summed E-state index contributed by atoms with van der Waals surface area (Å²) in [4.78, 5) is 22.0. The summed E-state index contributed by atoms with van der Waals surface area (Å²) in [6.45, 7) is 0. The van der Waals surface area contributed by atoms with Gasteiger partial charge < -0.3 is 0 Å². The molecule has 0 unspecified atom stereocenters. The van der Waals surface area contributed by atoms with Gasteiger partial charge in [0.15, 0.2) is 0 Å². The quantitative estimate of drug-likeness (QED) is 0.693. The normalized spacial score (nSPS) is 9.45. The average molecular weight is 219 g/mol. The van der Waals surface area contributed by atoms with Gasteiger partial charge >= 0.3 is 67.3 Å².